The minimum absolute atomic E-state index is 0.433. The molecule has 0 amide bonds. The highest BCUT2D eigenvalue weighted by Gasteiger charge is 2.18. The summed E-state index contributed by atoms with van der Waals surface area (Å²) in [5, 5.41) is 21.1. The first-order chi connectivity index (χ1) is 11.2. The van der Waals surface area contributed by atoms with E-state index < -0.39 is 0 Å². The number of hydrogen-bond donors (Lipinski definition) is 1. The SMILES string of the molecule is Cc1cc(-c2ccc(C#N)cc2)nnc1N[C@@H]1CCCN(C)C1. The third-order valence-corrected chi connectivity index (χ3v) is 4.26. The number of hydrogen-bond acceptors (Lipinski definition) is 5. The van der Waals surface area contributed by atoms with Crippen LogP contribution in [-0.2, 0) is 0 Å². The fourth-order valence-electron chi connectivity index (χ4n) is 2.96. The van der Waals surface area contributed by atoms with Gasteiger partial charge in [0.15, 0.2) is 5.82 Å². The van der Waals surface area contributed by atoms with E-state index in [0.717, 1.165) is 29.2 Å². The van der Waals surface area contributed by atoms with Gasteiger partial charge in [0, 0.05) is 18.2 Å². The molecule has 1 aromatic carbocycles. The van der Waals surface area contributed by atoms with Crippen LogP contribution in [0.5, 0.6) is 0 Å². The molecule has 5 nitrogen and oxygen atoms in total. The number of rotatable bonds is 3. The number of nitrogens with zero attached hydrogens (tertiary/aromatic N) is 4. The lowest BCUT2D eigenvalue weighted by Gasteiger charge is -2.30. The molecule has 1 aliphatic heterocycles. The molecule has 1 saturated heterocycles. The zero-order valence-corrected chi connectivity index (χ0v) is 13.6. The summed E-state index contributed by atoms with van der Waals surface area (Å²) in [6.07, 6.45) is 2.38. The zero-order valence-electron chi connectivity index (χ0n) is 13.6. The Kier molecular flexibility index (Phi) is 4.54. The lowest BCUT2D eigenvalue weighted by molar-refractivity contribution is 0.260. The van der Waals surface area contributed by atoms with Crippen LogP contribution in [0.2, 0.25) is 0 Å². The van der Waals surface area contributed by atoms with Crippen LogP contribution in [-0.4, -0.2) is 41.3 Å². The van der Waals surface area contributed by atoms with Gasteiger partial charge < -0.3 is 10.2 Å². The molecule has 0 radical (unpaired) electrons. The molecule has 3 rings (SSSR count). The number of aromatic nitrogens is 2. The van der Waals surface area contributed by atoms with E-state index in [2.05, 4.69) is 40.5 Å². The lowest BCUT2D eigenvalue weighted by atomic mass is 10.1. The Labute approximate surface area is 137 Å². The third-order valence-electron chi connectivity index (χ3n) is 4.26. The molecule has 23 heavy (non-hydrogen) atoms. The fraction of sp³-hybridized carbons (Fsp3) is 0.389. The van der Waals surface area contributed by atoms with Gasteiger partial charge in [0.2, 0.25) is 0 Å². The maximum atomic E-state index is 8.86. The second-order valence-corrected chi connectivity index (χ2v) is 6.20. The summed E-state index contributed by atoms with van der Waals surface area (Å²) in [5.41, 5.74) is 3.55. The van der Waals surface area contributed by atoms with Gasteiger partial charge in [0.05, 0.1) is 17.3 Å². The number of nitrogens with one attached hydrogen (secondary N) is 1. The molecule has 1 aromatic heterocycles. The molecular weight excluding hydrogens is 286 g/mol. The van der Waals surface area contributed by atoms with Gasteiger partial charge >= 0.3 is 0 Å². The monoisotopic (exact) mass is 307 g/mol. The van der Waals surface area contributed by atoms with Crippen molar-refractivity contribution in [2.24, 2.45) is 0 Å². The van der Waals surface area contributed by atoms with Crippen LogP contribution in [0.4, 0.5) is 5.82 Å². The topological polar surface area (TPSA) is 64.8 Å². The van der Waals surface area contributed by atoms with Crippen molar-refractivity contribution >= 4 is 5.82 Å². The first kappa shape index (κ1) is 15.4. The quantitative estimate of drug-likeness (QED) is 0.944. The Hall–Kier alpha value is -2.45. The van der Waals surface area contributed by atoms with Crippen molar-refractivity contribution in [2.45, 2.75) is 25.8 Å². The van der Waals surface area contributed by atoms with E-state index in [0.29, 0.717) is 11.6 Å². The Morgan fingerprint density at radius 2 is 2.04 bits per heavy atom. The minimum atomic E-state index is 0.433. The summed E-state index contributed by atoms with van der Waals surface area (Å²) in [4.78, 5) is 2.34. The normalized spacial score (nSPS) is 18.4. The first-order valence-corrected chi connectivity index (χ1v) is 7.95. The van der Waals surface area contributed by atoms with Gasteiger partial charge in [-0.3, -0.25) is 0 Å². The minimum Gasteiger partial charge on any atom is -0.364 e. The lowest BCUT2D eigenvalue weighted by Crippen LogP contribution is -2.40. The maximum Gasteiger partial charge on any atom is 0.151 e. The van der Waals surface area contributed by atoms with Crippen molar-refractivity contribution in [3.05, 3.63) is 41.5 Å². The third kappa shape index (κ3) is 3.66. The molecule has 1 atom stereocenters. The van der Waals surface area contributed by atoms with Crippen molar-refractivity contribution in [3.8, 4) is 17.3 Å². The summed E-state index contributed by atoms with van der Waals surface area (Å²) < 4.78 is 0. The Bertz CT molecular complexity index is 717. The van der Waals surface area contributed by atoms with Crippen molar-refractivity contribution in [3.63, 3.8) is 0 Å². The Morgan fingerprint density at radius 3 is 2.70 bits per heavy atom. The van der Waals surface area contributed by atoms with Crippen LogP contribution >= 0.6 is 0 Å². The highest BCUT2D eigenvalue weighted by molar-refractivity contribution is 5.62. The molecule has 0 aliphatic carbocycles. The number of aryl methyl sites for hydroxylation is 1. The number of benzene rings is 1. The smallest absolute Gasteiger partial charge is 0.151 e. The van der Waals surface area contributed by atoms with E-state index in [-0.39, 0.29) is 0 Å². The standard InChI is InChI=1S/C18H21N5/c1-13-10-17(15-7-5-14(11-19)6-8-15)21-22-18(13)20-16-4-3-9-23(2)12-16/h5-8,10,16H,3-4,9,12H2,1-2H3,(H,20,22)/t16-/m1/s1. The fourth-order valence-corrected chi connectivity index (χ4v) is 2.96. The maximum absolute atomic E-state index is 8.86. The molecule has 0 bridgehead atoms. The molecule has 2 aromatic rings. The molecular formula is C18H21N5. The highest BCUT2D eigenvalue weighted by atomic mass is 15.2. The molecule has 5 heteroatoms. The van der Waals surface area contributed by atoms with Crippen LogP contribution in [0.25, 0.3) is 11.3 Å². The van der Waals surface area contributed by atoms with Gasteiger partial charge in [0.1, 0.15) is 0 Å². The van der Waals surface area contributed by atoms with Crippen LogP contribution in [0.15, 0.2) is 30.3 Å². The highest BCUT2D eigenvalue weighted by Crippen LogP contribution is 2.22. The van der Waals surface area contributed by atoms with Gasteiger partial charge in [0.25, 0.3) is 0 Å². The number of likely N-dealkylation sites (tertiary alicyclic amines) is 1. The van der Waals surface area contributed by atoms with E-state index in [1.54, 1.807) is 12.1 Å². The van der Waals surface area contributed by atoms with Crippen LogP contribution in [0, 0.1) is 18.3 Å². The first-order valence-electron chi connectivity index (χ1n) is 7.95. The number of nitriles is 1. The average Bonchev–Trinajstić information content (AvgIpc) is 2.57. The summed E-state index contributed by atoms with van der Waals surface area (Å²) in [5.74, 6) is 0.864. The van der Waals surface area contributed by atoms with Gasteiger partial charge in [-0.2, -0.15) is 5.26 Å². The van der Waals surface area contributed by atoms with E-state index >= 15 is 0 Å². The summed E-state index contributed by atoms with van der Waals surface area (Å²) in [6, 6.07) is 12.0. The predicted octanol–water partition coefficient (Wildman–Crippen LogP) is 2.83. The van der Waals surface area contributed by atoms with E-state index in [1.807, 2.05) is 18.2 Å². The van der Waals surface area contributed by atoms with E-state index in [1.165, 1.54) is 19.4 Å². The molecule has 2 heterocycles. The molecule has 1 fully saturated rings. The predicted molar refractivity (Wildman–Crippen MR) is 91.1 cm³/mol. The van der Waals surface area contributed by atoms with Gasteiger partial charge in [-0.25, -0.2) is 0 Å². The molecule has 0 saturated carbocycles. The van der Waals surface area contributed by atoms with E-state index in [4.69, 9.17) is 5.26 Å². The second-order valence-electron chi connectivity index (χ2n) is 6.20. The molecule has 0 unspecified atom stereocenters. The Morgan fingerprint density at radius 1 is 1.26 bits per heavy atom. The zero-order chi connectivity index (χ0) is 16.2. The molecule has 1 N–H and O–H groups in total. The number of anilines is 1. The number of likely N-dealkylation sites (N-methyl/N-ethyl adjacent to an activating group) is 1. The second kappa shape index (κ2) is 6.76. The van der Waals surface area contributed by atoms with Gasteiger partial charge in [-0.05, 0) is 57.1 Å². The van der Waals surface area contributed by atoms with Gasteiger partial charge in [-0.15, -0.1) is 10.2 Å². The van der Waals surface area contributed by atoms with Crippen LogP contribution in [0.1, 0.15) is 24.0 Å². The summed E-state index contributed by atoms with van der Waals surface area (Å²) in [7, 11) is 2.15. The summed E-state index contributed by atoms with van der Waals surface area (Å²) >= 11 is 0. The Balaban J connectivity index is 1.76. The summed E-state index contributed by atoms with van der Waals surface area (Å²) in [6.45, 7) is 4.26. The van der Waals surface area contributed by atoms with Crippen molar-refractivity contribution in [1.82, 2.24) is 15.1 Å². The van der Waals surface area contributed by atoms with E-state index in [9.17, 15) is 0 Å². The number of piperidine rings is 1. The largest absolute Gasteiger partial charge is 0.364 e. The van der Waals surface area contributed by atoms with Crippen molar-refractivity contribution in [1.29, 1.82) is 5.26 Å². The molecule has 118 valence electrons. The van der Waals surface area contributed by atoms with Crippen LogP contribution in [0.3, 0.4) is 0 Å². The van der Waals surface area contributed by atoms with Gasteiger partial charge in [-0.1, -0.05) is 12.1 Å². The molecule has 1 aliphatic rings. The van der Waals surface area contributed by atoms with Crippen LogP contribution < -0.4 is 5.32 Å². The van der Waals surface area contributed by atoms with Crippen molar-refractivity contribution < 1.29 is 0 Å². The van der Waals surface area contributed by atoms with Crippen molar-refractivity contribution in [2.75, 3.05) is 25.5 Å². The average molecular weight is 307 g/mol. The molecule has 0 spiro atoms.